The lowest BCUT2D eigenvalue weighted by Gasteiger charge is -2.13. The third-order valence-electron chi connectivity index (χ3n) is 5.02. The van der Waals surface area contributed by atoms with E-state index in [1.807, 2.05) is 13.0 Å². The molecule has 25 heavy (non-hydrogen) atoms. The van der Waals surface area contributed by atoms with E-state index < -0.39 is 0 Å². The molecule has 2 aliphatic carbocycles. The number of fused-ring (bicyclic) bond motifs is 1. The number of rotatable bonds is 6. The van der Waals surface area contributed by atoms with E-state index in [1.54, 1.807) is 0 Å². The van der Waals surface area contributed by atoms with E-state index in [1.165, 1.54) is 42.2 Å². The Bertz CT molecular complexity index is 797. The van der Waals surface area contributed by atoms with Crippen LogP contribution in [0.3, 0.4) is 0 Å². The fraction of sp³-hybridized carbons (Fsp3) is 0.526. The minimum atomic E-state index is -0.213. The zero-order valence-electron chi connectivity index (χ0n) is 14.8. The van der Waals surface area contributed by atoms with Crippen LogP contribution in [-0.4, -0.2) is 25.9 Å². The first-order chi connectivity index (χ1) is 12.2. The number of carbonyl (C=O) groups is 1. The van der Waals surface area contributed by atoms with E-state index in [0.29, 0.717) is 5.92 Å². The molecule has 1 aromatic heterocycles. The molecule has 1 amide bonds. The number of amides is 1. The van der Waals surface area contributed by atoms with Gasteiger partial charge in [0.25, 0.3) is 0 Å². The van der Waals surface area contributed by atoms with E-state index in [0.717, 1.165) is 36.1 Å². The lowest BCUT2D eigenvalue weighted by Crippen LogP contribution is -2.23. The van der Waals surface area contributed by atoms with Gasteiger partial charge in [-0.2, -0.15) is 0 Å². The molecule has 1 fully saturated rings. The lowest BCUT2D eigenvalue weighted by molar-refractivity contribution is -0.115. The summed E-state index contributed by atoms with van der Waals surface area (Å²) in [6, 6.07) is 6.28. The molecule has 0 bridgehead atoms. The second kappa shape index (κ2) is 6.83. The molecule has 1 aromatic carbocycles. The number of hydrogen-bond acceptors (Lipinski definition) is 4. The van der Waals surface area contributed by atoms with Gasteiger partial charge in [0.2, 0.25) is 5.91 Å². The van der Waals surface area contributed by atoms with Gasteiger partial charge in [-0.3, -0.25) is 4.79 Å². The monoisotopic (exact) mass is 356 g/mol. The van der Waals surface area contributed by atoms with Crippen molar-refractivity contribution in [3.05, 3.63) is 35.2 Å². The number of aryl methyl sites for hydroxylation is 2. The van der Waals surface area contributed by atoms with Crippen LogP contribution >= 0.6 is 11.8 Å². The van der Waals surface area contributed by atoms with Crippen molar-refractivity contribution >= 4 is 23.4 Å². The van der Waals surface area contributed by atoms with Gasteiger partial charge in [0.05, 0.1) is 5.25 Å². The van der Waals surface area contributed by atoms with Gasteiger partial charge in [0, 0.05) is 18.2 Å². The summed E-state index contributed by atoms with van der Waals surface area (Å²) in [6.45, 7) is 4.88. The summed E-state index contributed by atoms with van der Waals surface area (Å²) in [4.78, 5) is 12.6. The molecule has 0 spiro atoms. The first-order valence-electron chi connectivity index (χ1n) is 9.18. The van der Waals surface area contributed by atoms with Gasteiger partial charge < -0.3 is 9.88 Å². The number of benzene rings is 1. The average molecular weight is 356 g/mol. The molecular weight excluding hydrogens is 332 g/mol. The maximum atomic E-state index is 12.6. The highest BCUT2D eigenvalue weighted by Gasteiger charge is 2.30. The minimum Gasteiger partial charge on any atom is -0.325 e. The summed E-state index contributed by atoms with van der Waals surface area (Å²) in [7, 11) is 0. The molecular formula is C19H24N4OS. The van der Waals surface area contributed by atoms with Crippen molar-refractivity contribution in [2.24, 2.45) is 0 Å². The van der Waals surface area contributed by atoms with E-state index >= 15 is 0 Å². The topological polar surface area (TPSA) is 59.8 Å². The van der Waals surface area contributed by atoms with Crippen LogP contribution in [0, 0.1) is 0 Å². The lowest BCUT2D eigenvalue weighted by atomic mass is 10.1. The van der Waals surface area contributed by atoms with Crippen molar-refractivity contribution < 1.29 is 4.79 Å². The standard InChI is InChI=1S/C19H24N4OS/c1-3-23-17(14-7-8-14)21-22-19(23)25-12(2)18(24)20-16-10-9-13-5-4-6-15(13)11-16/h9-12,14H,3-8H2,1-2H3,(H,20,24)/t12-/m1/s1. The number of carbonyl (C=O) groups excluding carboxylic acids is 1. The summed E-state index contributed by atoms with van der Waals surface area (Å²) in [5, 5.41) is 12.4. The van der Waals surface area contributed by atoms with Crippen molar-refractivity contribution in [1.82, 2.24) is 14.8 Å². The fourth-order valence-corrected chi connectivity index (χ4v) is 4.35. The maximum Gasteiger partial charge on any atom is 0.237 e. The fourth-order valence-electron chi connectivity index (χ4n) is 3.43. The predicted octanol–water partition coefficient (Wildman–Crippen LogP) is 3.78. The van der Waals surface area contributed by atoms with Crippen LogP contribution in [-0.2, 0) is 24.2 Å². The van der Waals surface area contributed by atoms with Gasteiger partial charge in [0.1, 0.15) is 5.82 Å². The van der Waals surface area contributed by atoms with Crippen LogP contribution in [0.15, 0.2) is 23.4 Å². The molecule has 1 heterocycles. The van der Waals surface area contributed by atoms with Gasteiger partial charge in [-0.1, -0.05) is 17.8 Å². The van der Waals surface area contributed by atoms with Crippen molar-refractivity contribution in [2.75, 3.05) is 5.32 Å². The molecule has 0 saturated heterocycles. The molecule has 1 atom stereocenters. The SMILES string of the molecule is CCn1c(S[C@H](C)C(=O)Nc2ccc3c(c2)CCC3)nnc1C1CC1. The third kappa shape index (κ3) is 3.45. The van der Waals surface area contributed by atoms with Gasteiger partial charge in [-0.25, -0.2) is 0 Å². The number of nitrogens with zero attached hydrogens (tertiary/aromatic N) is 3. The highest BCUT2D eigenvalue weighted by atomic mass is 32.2. The first-order valence-corrected chi connectivity index (χ1v) is 10.1. The number of nitrogens with one attached hydrogen (secondary N) is 1. The van der Waals surface area contributed by atoms with Crippen molar-refractivity contribution in [3.63, 3.8) is 0 Å². The Morgan fingerprint density at radius 1 is 1.32 bits per heavy atom. The van der Waals surface area contributed by atoms with Crippen molar-refractivity contribution in [3.8, 4) is 0 Å². The summed E-state index contributed by atoms with van der Waals surface area (Å²) in [6.07, 6.45) is 5.90. The Labute approximate surface area is 152 Å². The highest BCUT2D eigenvalue weighted by Crippen LogP contribution is 2.40. The molecule has 1 saturated carbocycles. The molecule has 1 N–H and O–H groups in total. The second-order valence-corrected chi connectivity index (χ2v) is 8.25. The quantitative estimate of drug-likeness (QED) is 0.800. The highest BCUT2D eigenvalue weighted by molar-refractivity contribution is 8.00. The zero-order valence-corrected chi connectivity index (χ0v) is 15.6. The van der Waals surface area contributed by atoms with Crippen LogP contribution < -0.4 is 5.32 Å². The van der Waals surface area contributed by atoms with E-state index in [9.17, 15) is 4.79 Å². The Balaban J connectivity index is 1.42. The Morgan fingerprint density at radius 3 is 2.88 bits per heavy atom. The van der Waals surface area contributed by atoms with Crippen LogP contribution in [0.4, 0.5) is 5.69 Å². The Kier molecular flexibility index (Phi) is 4.54. The summed E-state index contributed by atoms with van der Waals surface area (Å²) in [5.41, 5.74) is 3.69. The molecule has 6 heteroatoms. The number of thioether (sulfide) groups is 1. The molecule has 0 unspecified atom stereocenters. The Hall–Kier alpha value is -1.82. The molecule has 0 radical (unpaired) electrons. The third-order valence-corrected chi connectivity index (χ3v) is 6.10. The Morgan fingerprint density at radius 2 is 2.12 bits per heavy atom. The molecule has 132 valence electrons. The first kappa shape index (κ1) is 16.6. The van der Waals surface area contributed by atoms with E-state index in [-0.39, 0.29) is 11.2 Å². The number of anilines is 1. The van der Waals surface area contributed by atoms with Crippen LogP contribution in [0.1, 0.15) is 56.0 Å². The van der Waals surface area contributed by atoms with E-state index in [4.69, 9.17) is 0 Å². The van der Waals surface area contributed by atoms with Gasteiger partial charge in [-0.15, -0.1) is 10.2 Å². The second-order valence-electron chi connectivity index (χ2n) is 6.95. The maximum absolute atomic E-state index is 12.6. The van der Waals surface area contributed by atoms with Crippen molar-refractivity contribution in [2.45, 2.75) is 68.8 Å². The van der Waals surface area contributed by atoms with Crippen LogP contribution in [0.2, 0.25) is 0 Å². The van der Waals surface area contributed by atoms with Gasteiger partial charge in [-0.05, 0) is 69.2 Å². The number of hydrogen-bond donors (Lipinski definition) is 1. The molecule has 2 aliphatic rings. The molecule has 4 rings (SSSR count). The van der Waals surface area contributed by atoms with Crippen molar-refractivity contribution in [1.29, 1.82) is 0 Å². The average Bonchev–Trinajstić information content (AvgIpc) is 3.21. The summed E-state index contributed by atoms with van der Waals surface area (Å²) in [5.74, 6) is 1.66. The predicted molar refractivity (Wildman–Crippen MR) is 100 cm³/mol. The normalized spacial score (nSPS) is 17.4. The zero-order chi connectivity index (χ0) is 17.4. The summed E-state index contributed by atoms with van der Waals surface area (Å²) >= 11 is 1.49. The van der Waals surface area contributed by atoms with Crippen LogP contribution in [0.25, 0.3) is 0 Å². The number of aromatic nitrogens is 3. The van der Waals surface area contributed by atoms with Gasteiger partial charge >= 0.3 is 0 Å². The smallest absolute Gasteiger partial charge is 0.237 e. The minimum absolute atomic E-state index is 0.0153. The molecule has 0 aliphatic heterocycles. The van der Waals surface area contributed by atoms with E-state index in [2.05, 4.69) is 39.1 Å². The van der Waals surface area contributed by atoms with Gasteiger partial charge in [0.15, 0.2) is 5.16 Å². The molecule has 2 aromatic rings. The summed E-state index contributed by atoms with van der Waals surface area (Å²) < 4.78 is 2.15. The largest absolute Gasteiger partial charge is 0.325 e. The molecule has 5 nitrogen and oxygen atoms in total. The van der Waals surface area contributed by atoms with Crippen LogP contribution in [0.5, 0.6) is 0 Å².